The summed E-state index contributed by atoms with van der Waals surface area (Å²) in [5.41, 5.74) is 3.03. The molecule has 0 bridgehead atoms. The molecule has 2 atom stereocenters. The molecule has 1 heterocycles. The Bertz CT molecular complexity index is 332. The molecule has 1 saturated heterocycles. The molecule has 1 aliphatic heterocycles. The summed E-state index contributed by atoms with van der Waals surface area (Å²) < 4.78 is 0. The Morgan fingerprint density at radius 3 is 3.00 bits per heavy atom. The van der Waals surface area contributed by atoms with Crippen molar-refractivity contribution < 1.29 is 0 Å². The van der Waals surface area contributed by atoms with Gasteiger partial charge in [-0.25, -0.2) is 0 Å². The van der Waals surface area contributed by atoms with Gasteiger partial charge in [0.2, 0.25) is 0 Å². The maximum absolute atomic E-state index is 3.52. The molecule has 0 spiro atoms. The predicted molar refractivity (Wildman–Crippen MR) is 69.8 cm³/mol. The average molecular weight is 217 g/mol. The van der Waals surface area contributed by atoms with Gasteiger partial charge < -0.3 is 5.32 Å². The quantitative estimate of drug-likeness (QED) is 0.818. The zero-order valence-corrected chi connectivity index (χ0v) is 10.5. The second-order valence-electron chi connectivity index (χ2n) is 5.07. The van der Waals surface area contributed by atoms with E-state index in [0.717, 1.165) is 12.5 Å². The minimum Gasteiger partial charge on any atom is -0.316 e. The molecule has 1 aromatic carbocycles. The first-order valence-electron chi connectivity index (χ1n) is 6.60. The molecule has 0 aromatic heterocycles. The Kier molecular flexibility index (Phi) is 4.00. The minimum absolute atomic E-state index is 0.713. The van der Waals surface area contributed by atoms with Crippen molar-refractivity contribution in [1.29, 1.82) is 0 Å². The second kappa shape index (κ2) is 5.49. The van der Waals surface area contributed by atoms with Gasteiger partial charge in [-0.3, -0.25) is 0 Å². The van der Waals surface area contributed by atoms with Gasteiger partial charge >= 0.3 is 0 Å². The van der Waals surface area contributed by atoms with Gasteiger partial charge in [0.05, 0.1) is 0 Å². The van der Waals surface area contributed by atoms with Crippen molar-refractivity contribution in [3.63, 3.8) is 0 Å². The van der Waals surface area contributed by atoms with Crippen LogP contribution in [0.4, 0.5) is 0 Å². The van der Waals surface area contributed by atoms with Crippen molar-refractivity contribution in [3.05, 3.63) is 35.4 Å². The first-order chi connectivity index (χ1) is 7.81. The minimum atomic E-state index is 0.713. The number of hydrogen-bond acceptors (Lipinski definition) is 1. The van der Waals surface area contributed by atoms with Crippen molar-refractivity contribution in [2.75, 3.05) is 13.1 Å². The van der Waals surface area contributed by atoms with E-state index in [-0.39, 0.29) is 0 Å². The van der Waals surface area contributed by atoms with Crippen LogP contribution in [-0.2, 0) is 6.42 Å². The zero-order valence-electron chi connectivity index (χ0n) is 10.5. The molecular formula is C15H23N. The fourth-order valence-electron chi connectivity index (χ4n) is 2.70. The Hall–Kier alpha value is -0.820. The van der Waals surface area contributed by atoms with Crippen molar-refractivity contribution in [2.24, 2.45) is 5.92 Å². The van der Waals surface area contributed by atoms with E-state index in [9.17, 15) is 0 Å². The number of rotatable bonds is 3. The second-order valence-corrected chi connectivity index (χ2v) is 5.07. The van der Waals surface area contributed by atoms with Gasteiger partial charge in [0, 0.05) is 6.54 Å². The lowest BCUT2D eigenvalue weighted by molar-refractivity contribution is 0.348. The molecular weight excluding hydrogens is 194 g/mol. The monoisotopic (exact) mass is 217 g/mol. The molecule has 16 heavy (non-hydrogen) atoms. The molecule has 0 radical (unpaired) electrons. The standard InChI is InChI=1S/C15H23N/c1-3-5-13-6-4-7-14(10-13)15-11-16-9-8-12(15)2/h4,6-7,10,12,15-16H,3,5,8-9,11H2,1-2H3. The van der Waals surface area contributed by atoms with Crippen LogP contribution in [0, 0.1) is 5.92 Å². The van der Waals surface area contributed by atoms with Crippen LogP contribution in [-0.4, -0.2) is 13.1 Å². The summed E-state index contributed by atoms with van der Waals surface area (Å²) >= 11 is 0. The fraction of sp³-hybridized carbons (Fsp3) is 0.600. The topological polar surface area (TPSA) is 12.0 Å². The van der Waals surface area contributed by atoms with E-state index in [1.165, 1.54) is 36.9 Å². The lowest BCUT2D eigenvalue weighted by Crippen LogP contribution is -2.33. The van der Waals surface area contributed by atoms with E-state index in [0.29, 0.717) is 5.92 Å². The van der Waals surface area contributed by atoms with Crippen LogP contribution >= 0.6 is 0 Å². The largest absolute Gasteiger partial charge is 0.316 e. The van der Waals surface area contributed by atoms with E-state index in [2.05, 4.69) is 43.4 Å². The lowest BCUT2D eigenvalue weighted by atomic mass is 9.82. The maximum atomic E-state index is 3.52. The normalized spacial score (nSPS) is 25.6. The lowest BCUT2D eigenvalue weighted by Gasteiger charge is -2.30. The molecule has 1 heteroatoms. The number of hydrogen-bond donors (Lipinski definition) is 1. The van der Waals surface area contributed by atoms with Crippen LogP contribution in [0.5, 0.6) is 0 Å². The SMILES string of the molecule is CCCc1cccc(C2CNCCC2C)c1. The molecule has 1 N–H and O–H groups in total. The van der Waals surface area contributed by atoms with E-state index in [1.54, 1.807) is 0 Å². The Morgan fingerprint density at radius 1 is 1.38 bits per heavy atom. The summed E-state index contributed by atoms with van der Waals surface area (Å²) in [7, 11) is 0. The Balaban J connectivity index is 2.15. The number of aryl methyl sites for hydroxylation is 1. The van der Waals surface area contributed by atoms with Gasteiger partial charge in [0.1, 0.15) is 0 Å². The highest BCUT2D eigenvalue weighted by Gasteiger charge is 2.22. The van der Waals surface area contributed by atoms with Crippen LogP contribution < -0.4 is 5.32 Å². The van der Waals surface area contributed by atoms with E-state index in [4.69, 9.17) is 0 Å². The van der Waals surface area contributed by atoms with Crippen molar-refractivity contribution in [3.8, 4) is 0 Å². The number of piperidine rings is 1. The highest BCUT2D eigenvalue weighted by molar-refractivity contribution is 5.27. The average Bonchev–Trinajstić information content (AvgIpc) is 2.30. The van der Waals surface area contributed by atoms with Crippen molar-refractivity contribution in [1.82, 2.24) is 5.32 Å². The molecule has 1 fully saturated rings. The van der Waals surface area contributed by atoms with Gasteiger partial charge in [-0.15, -0.1) is 0 Å². The molecule has 0 saturated carbocycles. The molecule has 88 valence electrons. The third kappa shape index (κ3) is 2.65. The van der Waals surface area contributed by atoms with Crippen LogP contribution in [0.1, 0.15) is 43.7 Å². The van der Waals surface area contributed by atoms with Gasteiger partial charge in [0.25, 0.3) is 0 Å². The predicted octanol–water partition coefficient (Wildman–Crippen LogP) is 3.35. The Labute approximate surface area is 99.3 Å². The van der Waals surface area contributed by atoms with E-state index >= 15 is 0 Å². The fourth-order valence-corrected chi connectivity index (χ4v) is 2.70. The van der Waals surface area contributed by atoms with Gasteiger partial charge in [-0.1, -0.05) is 44.5 Å². The highest BCUT2D eigenvalue weighted by Crippen LogP contribution is 2.29. The van der Waals surface area contributed by atoms with Crippen LogP contribution in [0.3, 0.4) is 0 Å². The van der Waals surface area contributed by atoms with Gasteiger partial charge in [-0.2, -0.15) is 0 Å². The zero-order chi connectivity index (χ0) is 11.4. The van der Waals surface area contributed by atoms with Crippen LogP contribution in [0.25, 0.3) is 0 Å². The summed E-state index contributed by atoms with van der Waals surface area (Å²) in [5, 5.41) is 3.52. The third-order valence-electron chi connectivity index (χ3n) is 3.75. The number of nitrogens with one attached hydrogen (secondary N) is 1. The molecule has 0 amide bonds. The number of benzene rings is 1. The molecule has 2 unspecified atom stereocenters. The summed E-state index contributed by atoms with van der Waals surface area (Å²) in [5.74, 6) is 1.53. The molecule has 1 aromatic rings. The van der Waals surface area contributed by atoms with Gasteiger partial charge in [-0.05, 0) is 42.3 Å². The molecule has 1 aliphatic rings. The summed E-state index contributed by atoms with van der Waals surface area (Å²) in [6, 6.07) is 9.20. The highest BCUT2D eigenvalue weighted by atomic mass is 14.9. The van der Waals surface area contributed by atoms with E-state index < -0.39 is 0 Å². The maximum Gasteiger partial charge on any atom is 0.00227 e. The molecule has 0 aliphatic carbocycles. The van der Waals surface area contributed by atoms with Crippen molar-refractivity contribution in [2.45, 2.75) is 39.0 Å². The van der Waals surface area contributed by atoms with Crippen LogP contribution in [0.15, 0.2) is 24.3 Å². The summed E-state index contributed by atoms with van der Waals surface area (Å²) in [4.78, 5) is 0. The molecule has 1 nitrogen and oxygen atoms in total. The first-order valence-corrected chi connectivity index (χ1v) is 6.60. The summed E-state index contributed by atoms with van der Waals surface area (Å²) in [6.07, 6.45) is 3.76. The third-order valence-corrected chi connectivity index (χ3v) is 3.75. The first kappa shape index (κ1) is 11.7. The smallest absolute Gasteiger partial charge is 0.00227 e. The van der Waals surface area contributed by atoms with Gasteiger partial charge in [0.15, 0.2) is 0 Å². The van der Waals surface area contributed by atoms with E-state index in [1.807, 2.05) is 0 Å². The Morgan fingerprint density at radius 2 is 2.25 bits per heavy atom. The summed E-state index contributed by atoms with van der Waals surface area (Å²) in [6.45, 7) is 6.97. The molecule has 2 rings (SSSR count). The van der Waals surface area contributed by atoms with Crippen LogP contribution in [0.2, 0.25) is 0 Å². The van der Waals surface area contributed by atoms with Crippen molar-refractivity contribution >= 4 is 0 Å².